The van der Waals surface area contributed by atoms with E-state index in [0.29, 0.717) is 30.8 Å². The number of amides is 1. The van der Waals surface area contributed by atoms with Crippen LogP contribution in [0.25, 0.3) is 0 Å². The average molecular weight is 484 g/mol. The van der Waals surface area contributed by atoms with Crippen molar-refractivity contribution in [3.05, 3.63) is 29.4 Å². The maximum atomic E-state index is 13.4. The zero-order valence-corrected chi connectivity index (χ0v) is 19.3. The van der Waals surface area contributed by atoms with Gasteiger partial charge in [-0.05, 0) is 44.2 Å². The highest BCUT2D eigenvalue weighted by Gasteiger charge is 2.20. The molecule has 2 rings (SSSR count). The van der Waals surface area contributed by atoms with Gasteiger partial charge in [-0.15, -0.1) is 5.10 Å². The van der Waals surface area contributed by atoms with Gasteiger partial charge < -0.3 is 28.7 Å². The van der Waals surface area contributed by atoms with E-state index in [4.69, 9.17) is 18.9 Å². The maximum absolute atomic E-state index is 13.4. The van der Waals surface area contributed by atoms with Gasteiger partial charge in [0.2, 0.25) is 0 Å². The zero-order chi connectivity index (χ0) is 24.6. The van der Waals surface area contributed by atoms with Crippen LogP contribution in [0.1, 0.15) is 49.4 Å². The highest BCUT2D eigenvalue weighted by Crippen LogP contribution is 2.14. The van der Waals surface area contributed by atoms with Crippen molar-refractivity contribution in [2.45, 2.75) is 39.0 Å². The van der Waals surface area contributed by atoms with Crippen molar-refractivity contribution >= 4 is 25.2 Å². The molecule has 188 valence electrons. The van der Waals surface area contributed by atoms with Crippen LogP contribution < -0.4 is 10.8 Å². The van der Waals surface area contributed by atoms with Gasteiger partial charge in [0.25, 0.3) is 0 Å². The summed E-state index contributed by atoms with van der Waals surface area (Å²) >= 11 is 0. The Morgan fingerprint density at radius 2 is 1.71 bits per heavy atom. The van der Waals surface area contributed by atoms with Gasteiger partial charge in [0, 0.05) is 18.5 Å². The van der Waals surface area contributed by atoms with Gasteiger partial charge in [0.1, 0.15) is 12.1 Å². The molecule has 34 heavy (non-hydrogen) atoms. The summed E-state index contributed by atoms with van der Waals surface area (Å²) in [4.78, 5) is 23.4. The number of pyridine rings is 1. The predicted molar refractivity (Wildman–Crippen MR) is 121 cm³/mol. The molecule has 10 nitrogen and oxygen atoms in total. The monoisotopic (exact) mass is 484 g/mol. The van der Waals surface area contributed by atoms with Crippen LogP contribution in [0.3, 0.4) is 0 Å². The predicted octanol–water partition coefficient (Wildman–Crippen LogP) is 2.42. The Morgan fingerprint density at radius 1 is 1.00 bits per heavy atom. The van der Waals surface area contributed by atoms with Gasteiger partial charge in [0.05, 0.1) is 38.6 Å². The van der Waals surface area contributed by atoms with Crippen molar-refractivity contribution in [1.82, 2.24) is 9.79 Å². The Balaban J connectivity index is 1.65. The minimum absolute atomic E-state index is 0.0268. The van der Waals surface area contributed by atoms with Crippen molar-refractivity contribution in [3.63, 3.8) is 0 Å². The fourth-order valence-corrected chi connectivity index (χ4v) is 2.95. The molecular formula is C21H31BF2N4O6. The van der Waals surface area contributed by atoms with Crippen molar-refractivity contribution < 1.29 is 37.2 Å². The zero-order valence-electron chi connectivity index (χ0n) is 19.3. The number of hydrogen-bond donors (Lipinski definition) is 1. The standard InChI is InChI=1S/C21H31BF2N4O6/c1-2-10-34-21(30)25-9-11-31-12-13-32-14-15-33-20(29)17-7-8-19(28(16-17)22(23)24)27-26-18-5-3-4-6-18/h7-8,16H,2-6,9-15H2,1H3,(H,25,30)/b27-19-. The van der Waals surface area contributed by atoms with E-state index < -0.39 is 19.5 Å². The Hall–Kier alpha value is -2.80. The third kappa shape index (κ3) is 10.4. The van der Waals surface area contributed by atoms with Gasteiger partial charge in [0.15, 0.2) is 0 Å². The second-order valence-corrected chi connectivity index (χ2v) is 7.36. The van der Waals surface area contributed by atoms with Crippen LogP contribution in [0.5, 0.6) is 0 Å². The SMILES string of the molecule is CCCOC(=O)NCCOCCOCCOC(=O)c1cc/c(=N/N=C2CCCC2)n(B(F)F)c1. The highest BCUT2D eigenvalue weighted by atomic mass is 19.2. The lowest BCUT2D eigenvalue weighted by Crippen LogP contribution is -2.30. The number of hydrogen-bond acceptors (Lipinski definition) is 8. The maximum Gasteiger partial charge on any atom is 0.678 e. The lowest BCUT2D eigenvalue weighted by molar-refractivity contribution is 0.0149. The minimum Gasteiger partial charge on any atom is -0.460 e. The molecule has 1 aromatic rings. The Labute approximate surface area is 197 Å². The lowest BCUT2D eigenvalue weighted by atomic mass is 10.2. The van der Waals surface area contributed by atoms with E-state index >= 15 is 0 Å². The number of alkyl carbamates (subject to hydrolysis) is 1. The summed E-state index contributed by atoms with van der Waals surface area (Å²) in [6.07, 6.45) is 4.97. The topological polar surface area (TPSA) is 113 Å². The molecule has 0 spiro atoms. The molecule has 1 N–H and O–H groups in total. The fraction of sp³-hybridized carbons (Fsp3) is 0.619. The molecule has 0 aliphatic heterocycles. The fourth-order valence-electron chi connectivity index (χ4n) is 2.95. The third-order valence-corrected chi connectivity index (χ3v) is 4.66. The molecule has 1 aliphatic carbocycles. The van der Waals surface area contributed by atoms with Gasteiger partial charge in [-0.2, -0.15) is 5.10 Å². The summed E-state index contributed by atoms with van der Waals surface area (Å²) in [5, 5.41) is 10.5. The number of esters is 1. The van der Waals surface area contributed by atoms with Gasteiger partial charge in [-0.1, -0.05) is 6.92 Å². The second-order valence-electron chi connectivity index (χ2n) is 7.36. The molecule has 1 heterocycles. The molecule has 0 unspecified atom stereocenters. The summed E-state index contributed by atoms with van der Waals surface area (Å²) in [6.45, 7) is 3.53. The van der Waals surface area contributed by atoms with Crippen molar-refractivity contribution in [1.29, 1.82) is 0 Å². The molecule has 1 aromatic heterocycles. The summed E-state index contributed by atoms with van der Waals surface area (Å²) in [6, 6.07) is 2.68. The Bertz CT molecular complexity index is 873. The molecule has 0 atom stereocenters. The highest BCUT2D eigenvalue weighted by molar-refractivity contribution is 6.40. The first kappa shape index (κ1) is 27.4. The van der Waals surface area contributed by atoms with Crippen LogP contribution in [-0.2, 0) is 18.9 Å². The van der Waals surface area contributed by atoms with Crippen LogP contribution in [0, 0.1) is 0 Å². The summed E-state index contributed by atoms with van der Waals surface area (Å²) in [7, 11) is -2.88. The number of carbonyl (C=O) groups excluding carboxylic acids is 2. The Morgan fingerprint density at radius 3 is 2.41 bits per heavy atom. The summed E-state index contributed by atoms with van der Waals surface area (Å²) in [5.74, 6) is -0.746. The van der Waals surface area contributed by atoms with Crippen LogP contribution in [0.4, 0.5) is 13.4 Å². The van der Waals surface area contributed by atoms with Gasteiger partial charge >= 0.3 is 19.5 Å². The van der Waals surface area contributed by atoms with E-state index in [9.17, 15) is 18.2 Å². The quantitative estimate of drug-likeness (QED) is 0.188. The summed E-state index contributed by atoms with van der Waals surface area (Å²) in [5.41, 5.74) is 0.821. The van der Waals surface area contributed by atoms with E-state index in [0.717, 1.165) is 44.0 Å². The van der Waals surface area contributed by atoms with Crippen molar-refractivity contribution in [2.24, 2.45) is 10.2 Å². The smallest absolute Gasteiger partial charge is 0.460 e. The largest absolute Gasteiger partial charge is 0.678 e. The normalized spacial score (nSPS) is 13.6. The van der Waals surface area contributed by atoms with Crippen LogP contribution in [0.2, 0.25) is 0 Å². The molecule has 1 amide bonds. The number of nitrogens with one attached hydrogen (secondary N) is 1. The van der Waals surface area contributed by atoms with Crippen molar-refractivity contribution in [3.8, 4) is 0 Å². The number of ether oxygens (including phenoxy) is 4. The lowest BCUT2D eigenvalue weighted by Gasteiger charge is -2.09. The summed E-state index contributed by atoms with van der Waals surface area (Å²) < 4.78 is 47.9. The van der Waals surface area contributed by atoms with Gasteiger partial charge in [-0.3, -0.25) is 8.63 Å². The number of nitrogens with zero attached hydrogens (tertiary/aromatic N) is 3. The minimum atomic E-state index is -2.88. The van der Waals surface area contributed by atoms with E-state index in [1.807, 2.05) is 6.92 Å². The van der Waals surface area contributed by atoms with Crippen molar-refractivity contribution in [2.75, 3.05) is 46.2 Å². The Kier molecular flexibility index (Phi) is 12.9. The van der Waals surface area contributed by atoms with Gasteiger partial charge in [-0.25, -0.2) is 9.59 Å². The van der Waals surface area contributed by atoms with E-state index in [2.05, 4.69) is 15.5 Å². The van der Waals surface area contributed by atoms with E-state index in [-0.39, 0.29) is 30.9 Å². The van der Waals surface area contributed by atoms with E-state index in [1.54, 1.807) is 0 Å². The molecule has 13 heteroatoms. The number of halogens is 2. The molecule has 1 fully saturated rings. The average Bonchev–Trinajstić information content (AvgIpc) is 3.36. The number of carbonyl (C=O) groups is 2. The molecule has 1 saturated carbocycles. The molecule has 0 aromatic carbocycles. The number of aromatic nitrogens is 1. The third-order valence-electron chi connectivity index (χ3n) is 4.66. The first-order valence-electron chi connectivity index (χ1n) is 11.3. The van der Waals surface area contributed by atoms with Crippen LogP contribution in [0.15, 0.2) is 28.5 Å². The molecule has 0 radical (unpaired) electrons. The second kappa shape index (κ2) is 15.9. The molecular weight excluding hydrogens is 453 g/mol. The van der Waals surface area contributed by atoms with Crippen LogP contribution >= 0.6 is 0 Å². The van der Waals surface area contributed by atoms with Crippen LogP contribution in [-0.4, -0.2) is 75.8 Å². The molecule has 0 saturated heterocycles. The van der Waals surface area contributed by atoms with E-state index in [1.165, 1.54) is 12.1 Å². The number of rotatable bonds is 14. The molecule has 0 bridgehead atoms. The first-order chi connectivity index (χ1) is 16.5. The molecule has 1 aliphatic rings. The first-order valence-corrected chi connectivity index (χ1v) is 11.3.